The molecule has 0 amide bonds. The van der Waals surface area contributed by atoms with Gasteiger partial charge in [0.15, 0.2) is 0 Å². The second kappa shape index (κ2) is 4.63. The Kier molecular flexibility index (Phi) is 2.82. The summed E-state index contributed by atoms with van der Waals surface area (Å²) in [5.41, 5.74) is 3.30. The Morgan fingerprint density at radius 1 is 1.11 bits per heavy atom. The van der Waals surface area contributed by atoms with Gasteiger partial charge in [0.2, 0.25) is 0 Å². The third kappa shape index (κ3) is 1.79. The van der Waals surface area contributed by atoms with Crippen molar-refractivity contribution in [2.24, 2.45) is 0 Å². The largest absolute Gasteiger partial charge is 0.395 e. The van der Waals surface area contributed by atoms with Crippen LogP contribution in [0.1, 0.15) is 17.0 Å². The summed E-state index contributed by atoms with van der Waals surface area (Å²) in [5, 5.41) is 10.8. The molecule has 3 nitrogen and oxygen atoms in total. The Morgan fingerprint density at radius 2 is 1.89 bits per heavy atom. The molecular weight excluding hydrogens is 224 g/mol. The number of H-pyrrole nitrogens is 1. The van der Waals surface area contributed by atoms with E-state index in [1.54, 1.807) is 12.4 Å². The molecule has 2 N–H and O–H groups in total. The maximum atomic E-state index is 9.68. The van der Waals surface area contributed by atoms with E-state index in [0.717, 1.165) is 22.0 Å². The average Bonchev–Trinajstić information content (AvgIpc) is 2.85. The molecule has 1 aromatic carbocycles. The number of rotatable bonds is 3. The van der Waals surface area contributed by atoms with Gasteiger partial charge in [-0.25, -0.2) is 0 Å². The molecule has 18 heavy (non-hydrogen) atoms. The zero-order valence-electron chi connectivity index (χ0n) is 9.88. The van der Waals surface area contributed by atoms with Crippen molar-refractivity contribution in [3.63, 3.8) is 0 Å². The molecule has 1 unspecified atom stereocenters. The highest BCUT2D eigenvalue weighted by Crippen LogP contribution is 2.29. The molecule has 0 saturated heterocycles. The van der Waals surface area contributed by atoms with Crippen LogP contribution in [0.5, 0.6) is 0 Å². The number of nitrogens with zero attached hydrogens (tertiary/aromatic N) is 1. The zero-order chi connectivity index (χ0) is 12.4. The number of para-hydroxylation sites is 1. The first-order valence-electron chi connectivity index (χ1n) is 5.97. The summed E-state index contributed by atoms with van der Waals surface area (Å²) in [6, 6.07) is 12.0. The molecule has 3 rings (SSSR count). The van der Waals surface area contributed by atoms with E-state index in [9.17, 15) is 5.11 Å². The van der Waals surface area contributed by atoms with E-state index in [2.05, 4.69) is 16.0 Å². The highest BCUT2D eigenvalue weighted by molar-refractivity contribution is 5.84. The molecule has 0 radical (unpaired) electrons. The predicted octanol–water partition coefficient (Wildman–Crippen LogP) is 2.69. The molecule has 0 aliphatic heterocycles. The van der Waals surface area contributed by atoms with Crippen molar-refractivity contribution in [1.82, 2.24) is 9.97 Å². The number of hydrogen-bond acceptors (Lipinski definition) is 2. The summed E-state index contributed by atoms with van der Waals surface area (Å²) in [5.74, 6) is -0.0100. The minimum atomic E-state index is -0.0100. The van der Waals surface area contributed by atoms with Crippen LogP contribution in [0.15, 0.2) is 55.0 Å². The first-order chi connectivity index (χ1) is 8.90. The summed E-state index contributed by atoms with van der Waals surface area (Å²) in [7, 11) is 0. The number of fused-ring (bicyclic) bond motifs is 1. The molecule has 1 atom stereocenters. The summed E-state index contributed by atoms with van der Waals surface area (Å²) >= 11 is 0. The van der Waals surface area contributed by atoms with Crippen LogP contribution in [0, 0.1) is 0 Å². The molecule has 2 heterocycles. The van der Waals surface area contributed by atoms with Gasteiger partial charge >= 0.3 is 0 Å². The summed E-state index contributed by atoms with van der Waals surface area (Å²) in [4.78, 5) is 7.26. The van der Waals surface area contributed by atoms with E-state index in [1.807, 2.05) is 36.5 Å². The fourth-order valence-electron chi connectivity index (χ4n) is 2.36. The minimum Gasteiger partial charge on any atom is -0.395 e. The van der Waals surface area contributed by atoms with Gasteiger partial charge in [-0.15, -0.1) is 0 Å². The number of aliphatic hydroxyl groups is 1. The topological polar surface area (TPSA) is 48.9 Å². The zero-order valence-corrected chi connectivity index (χ0v) is 9.88. The van der Waals surface area contributed by atoms with E-state index in [1.165, 1.54) is 0 Å². The van der Waals surface area contributed by atoms with Crippen LogP contribution in [-0.4, -0.2) is 21.7 Å². The Morgan fingerprint density at radius 3 is 2.67 bits per heavy atom. The first kappa shape index (κ1) is 11.0. The van der Waals surface area contributed by atoms with Gasteiger partial charge in [-0.1, -0.05) is 18.2 Å². The number of pyridine rings is 1. The Labute approximate surface area is 105 Å². The number of aromatic amines is 1. The Balaban J connectivity index is 2.12. The lowest BCUT2D eigenvalue weighted by Gasteiger charge is -2.13. The molecule has 0 spiro atoms. The van der Waals surface area contributed by atoms with Gasteiger partial charge in [0, 0.05) is 35.4 Å². The van der Waals surface area contributed by atoms with Crippen molar-refractivity contribution in [2.75, 3.05) is 6.61 Å². The maximum absolute atomic E-state index is 9.68. The third-order valence-electron chi connectivity index (χ3n) is 3.29. The summed E-state index contributed by atoms with van der Waals surface area (Å²) < 4.78 is 0. The van der Waals surface area contributed by atoms with Gasteiger partial charge < -0.3 is 10.1 Å². The normalized spacial score (nSPS) is 12.7. The van der Waals surface area contributed by atoms with Crippen LogP contribution in [0.3, 0.4) is 0 Å². The van der Waals surface area contributed by atoms with E-state index >= 15 is 0 Å². The summed E-state index contributed by atoms with van der Waals surface area (Å²) in [6.07, 6.45) is 5.49. The van der Waals surface area contributed by atoms with Gasteiger partial charge in [-0.3, -0.25) is 4.98 Å². The van der Waals surface area contributed by atoms with Crippen molar-refractivity contribution in [3.05, 3.63) is 66.1 Å². The van der Waals surface area contributed by atoms with Crippen LogP contribution >= 0.6 is 0 Å². The monoisotopic (exact) mass is 238 g/mol. The van der Waals surface area contributed by atoms with E-state index < -0.39 is 0 Å². The fraction of sp³-hybridized carbons (Fsp3) is 0.133. The molecule has 0 bridgehead atoms. The van der Waals surface area contributed by atoms with E-state index in [-0.39, 0.29) is 12.5 Å². The first-order valence-corrected chi connectivity index (χ1v) is 5.97. The van der Waals surface area contributed by atoms with Crippen LogP contribution in [0.2, 0.25) is 0 Å². The lowest BCUT2D eigenvalue weighted by atomic mass is 9.92. The summed E-state index contributed by atoms with van der Waals surface area (Å²) in [6.45, 7) is 0.0891. The molecule has 0 fully saturated rings. The van der Waals surface area contributed by atoms with Crippen molar-refractivity contribution in [2.45, 2.75) is 5.92 Å². The quantitative estimate of drug-likeness (QED) is 0.737. The lowest BCUT2D eigenvalue weighted by molar-refractivity contribution is 0.281. The number of aliphatic hydroxyl groups excluding tert-OH is 1. The minimum absolute atomic E-state index is 0.0100. The fourth-order valence-corrected chi connectivity index (χ4v) is 2.36. The van der Waals surface area contributed by atoms with Crippen LogP contribution < -0.4 is 0 Å². The molecule has 0 aliphatic carbocycles. The van der Waals surface area contributed by atoms with Crippen LogP contribution in [0.4, 0.5) is 0 Å². The second-order valence-electron chi connectivity index (χ2n) is 4.31. The van der Waals surface area contributed by atoms with E-state index in [0.29, 0.717) is 0 Å². The van der Waals surface area contributed by atoms with Crippen LogP contribution in [0.25, 0.3) is 10.9 Å². The number of hydrogen-bond donors (Lipinski definition) is 2. The highest BCUT2D eigenvalue weighted by atomic mass is 16.3. The molecular formula is C15H14N2O. The third-order valence-corrected chi connectivity index (χ3v) is 3.29. The Bertz CT molecular complexity index is 646. The number of aromatic nitrogens is 2. The lowest BCUT2D eigenvalue weighted by Crippen LogP contribution is -2.05. The molecule has 0 saturated carbocycles. The predicted molar refractivity (Wildman–Crippen MR) is 71.5 cm³/mol. The van der Waals surface area contributed by atoms with Gasteiger partial charge in [0.25, 0.3) is 0 Å². The van der Waals surface area contributed by atoms with Crippen molar-refractivity contribution < 1.29 is 5.11 Å². The molecule has 0 aliphatic rings. The van der Waals surface area contributed by atoms with E-state index in [4.69, 9.17) is 0 Å². The van der Waals surface area contributed by atoms with Crippen molar-refractivity contribution in [3.8, 4) is 0 Å². The van der Waals surface area contributed by atoms with Gasteiger partial charge in [0.05, 0.1) is 6.61 Å². The number of benzene rings is 1. The number of nitrogens with one attached hydrogen (secondary N) is 1. The van der Waals surface area contributed by atoms with Gasteiger partial charge in [-0.05, 0) is 29.3 Å². The molecule has 3 aromatic rings. The Hall–Kier alpha value is -2.13. The van der Waals surface area contributed by atoms with Gasteiger partial charge in [-0.2, -0.15) is 0 Å². The average molecular weight is 238 g/mol. The van der Waals surface area contributed by atoms with Crippen molar-refractivity contribution >= 4 is 10.9 Å². The van der Waals surface area contributed by atoms with Crippen molar-refractivity contribution in [1.29, 1.82) is 0 Å². The highest BCUT2D eigenvalue weighted by Gasteiger charge is 2.16. The van der Waals surface area contributed by atoms with Crippen LogP contribution in [-0.2, 0) is 0 Å². The molecule has 3 heteroatoms. The smallest absolute Gasteiger partial charge is 0.0541 e. The standard InChI is InChI=1S/C15H14N2O/c18-10-14(11-5-7-16-8-6-11)13-9-17-15-4-2-1-3-12(13)15/h1-9,14,17-18H,10H2. The second-order valence-corrected chi connectivity index (χ2v) is 4.31. The van der Waals surface area contributed by atoms with Gasteiger partial charge in [0.1, 0.15) is 0 Å². The molecule has 2 aromatic heterocycles. The molecule has 90 valence electrons. The SMILES string of the molecule is OCC(c1ccncc1)c1c[nH]c2ccccc12. The maximum Gasteiger partial charge on any atom is 0.0541 e.